The Labute approximate surface area is 102 Å². The van der Waals surface area contributed by atoms with E-state index >= 15 is 0 Å². The smallest absolute Gasteiger partial charge is 0.258 e. The van der Waals surface area contributed by atoms with Gasteiger partial charge < -0.3 is 10.5 Å². The van der Waals surface area contributed by atoms with Gasteiger partial charge in [0.1, 0.15) is 5.75 Å². The molecular weight excluding hydrogens is 281 g/mol. The molecule has 0 saturated carbocycles. The van der Waals surface area contributed by atoms with Gasteiger partial charge >= 0.3 is 0 Å². The molecule has 1 aromatic carbocycles. The van der Waals surface area contributed by atoms with Crippen LogP contribution in [0.15, 0.2) is 22.7 Å². The molecule has 5 heteroatoms. The maximum atomic E-state index is 11.0. The van der Waals surface area contributed by atoms with Crippen LogP contribution in [0.3, 0.4) is 0 Å². The number of rotatable bonds is 4. The molecule has 0 saturated heterocycles. The molecule has 1 rings (SSSR count). The van der Waals surface area contributed by atoms with Gasteiger partial charge in [-0.1, -0.05) is 34.5 Å². The molecule has 1 amide bonds. The number of hydrogen-bond acceptors (Lipinski definition) is 2. The van der Waals surface area contributed by atoms with Crippen LogP contribution in [0.1, 0.15) is 13.3 Å². The maximum absolute atomic E-state index is 11.0. The molecule has 0 aliphatic heterocycles. The lowest BCUT2D eigenvalue weighted by atomic mass is 10.2. The summed E-state index contributed by atoms with van der Waals surface area (Å²) < 4.78 is 6.24. The van der Waals surface area contributed by atoms with Crippen LogP contribution in [0, 0.1) is 0 Å². The van der Waals surface area contributed by atoms with Crippen molar-refractivity contribution >= 4 is 33.4 Å². The molecule has 0 aliphatic rings. The van der Waals surface area contributed by atoms with Crippen LogP contribution in [-0.4, -0.2) is 12.0 Å². The molecule has 15 heavy (non-hydrogen) atoms. The van der Waals surface area contributed by atoms with Crippen molar-refractivity contribution in [3.05, 3.63) is 27.7 Å². The second-order valence-electron chi connectivity index (χ2n) is 2.99. The fraction of sp³-hybridized carbons (Fsp3) is 0.300. The second kappa shape index (κ2) is 5.37. The third kappa shape index (κ3) is 3.39. The third-order valence-corrected chi connectivity index (χ3v) is 2.64. The van der Waals surface area contributed by atoms with Gasteiger partial charge in [0.05, 0.1) is 5.02 Å². The van der Waals surface area contributed by atoms with Crippen LogP contribution in [0.4, 0.5) is 0 Å². The minimum atomic E-state index is -0.635. The van der Waals surface area contributed by atoms with Gasteiger partial charge in [-0.2, -0.15) is 0 Å². The minimum absolute atomic E-state index is 0.448. The van der Waals surface area contributed by atoms with Crippen LogP contribution in [-0.2, 0) is 4.79 Å². The molecule has 0 spiro atoms. The van der Waals surface area contributed by atoms with E-state index in [0.29, 0.717) is 17.2 Å². The van der Waals surface area contributed by atoms with Gasteiger partial charge in [-0.3, -0.25) is 4.79 Å². The Morgan fingerprint density at radius 2 is 2.33 bits per heavy atom. The van der Waals surface area contributed by atoms with Gasteiger partial charge in [-0.25, -0.2) is 0 Å². The lowest BCUT2D eigenvalue weighted by Gasteiger charge is -2.15. The van der Waals surface area contributed by atoms with E-state index in [1.54, 1.807) is 18.2 Å². The lowest BCUT2D eigenvalue weighted by Crippen LogP contribution is -2.33. The zero-order chi connectivity index (χ0) is 11.4. The minimum Gasteiger partial charge on any atom is -0.479 e. The molecule has 1 aromatic rings. The molecule has 1 unspecified atom stereocenters. The lowest BCUT2D eigenvalue weighted by molar-refractivity contribution is -0.124. The Hall–Kier alpha value is -0.740. The molecule has 0 heterocycles. The van der Waals surface area contributed by atoms with Gasteiger partial charge in [-0.05, 0) is 24.6 Å². The molecule has 0 aliphatic carbocycles. The molecule has 2 N–H and O–H groups in total. The summed E-state index contributed by atoms with van der Waals surface area (Å²) in [6, 6.07) is 5.18. The fourth-order valence-electron chi connectivity index (χ4n) is 1.07. The topological polar surface area (TPSA) is 52.3 Å². The Morgan fingerprint density at radius 3 is 2.80 bits per heavy atom. The summed E-state index contributed by atoms with van der Waals surface area (Å²) >= 11 is 9.21. The number of primary amides is 1. The first-order valence-corrected chi connectivity index (χ1v) is 5.62. The highest BCUT2D eigenvalue weighted by atomic mass is 79.9. The SMILES string of the molecule is CCC(Oc1ccc(Br)cc1Cl)C(N)=O. The quantitative estimate of drug-likeness (QED) is 0.927. The molecule has 0 aromatic heterocycles. The summed E-state index contributed by atoms with van der Waals surface area (Å²) in [7, 11) is 0. The Bertz CT molecular complexity index is 370. The molecule has 1 atom stereocenters. The van der Waals surface area contributed by atoms with Crippen LogP contribution in [0.25, 0.3) is 0 Å². The van der Waals surface area contributed by atoms with Crippen LogP contribution in [0.2, 0.25) is 5.02 Å². The van der Waals surface area contributed by atoms with Gasteiger partial charge in [0.2, 0.25) is 0 Å². The van der Waals surface area contributed by atoms with Gasteiger partial charge in [0.25, 0.3) is 5.91 Å². The highest BCUT2D eigenvalue weighted by Gasteiger charge is 2.15. The van der Waals surface area contributed by atoms with Gasteiger partial charge in [0.15, 0.2) is 6.10 Å². The number of amides is 1. The maximum Gasteiger partial charge on any atom is 0.258 e. The van der Waals surface area contributed by atoms with E-state index in [4.69, 9.17) is 22.1 Å². The number of benzene rings is 1. The summed E-state index contributed by atoms with van der Waals surface area (Å²) in [5.74, 6) is -0.0259. The molecule has 0 radical (unpaired) electrons. The first-order chi connectivity index (χ1) is 7.04. The van der Waals surface area contributed by atoms with Crippen molar-refractivity contribution in [1.82, 2.24) is 0 Å². The summed E-state index contributed by atoms with van der Waals surface area (Å²) in [4.78, 5) is 11.0. The van der Waals surface area contributed by atoms with E-state index in [-0.39, 0.29) is 0 Å². The van der Waals surface area contributed by atoms with E-state index in [0.717, 1.165) is 4.47 Å². The molecule has 0 bridgehead atoms. The van der Waals surface area contributed by atoms with Crippen molar-refractivity contribution in [2.24, 2.45) is 5.73 Å². The fourth-order valence-corrected chi connectivity index (χ4v) is 1.78. The number of carbonyl (C=O) groups excluding carboxylic acids is 1. The van der Waals surface area contributed by atoms with E-state index in [9.17, 15) is 4.79 Å². The van der Waals surface area contributed by atoms with E-state index in [1.807, 2.05) is 6.92 Å². The van der Waals surface area contributed by atoms with Crippen LogP contribution < -0.4 is 10.5 Å². The predicted molar refractivity (Wildman–Crippen MR) is 63.1 cm³/mol. The first-order valence-electron chi connectivity index (χ1n) is 4.45. The summed E-state index contributed by atoms with van der Waals surface area (Å²) in [5, 5.41) is 0.448. The van der Waals surface area contributed by atoms with Crippen molar-refractivity contribution in [2.45, 2.75) is 19.4 Å². The highest BCUT2D eigenvalue weighted by Crippen LogP contribution is 2.28. The molecule has 0 fully saturated rings. The predicted octanol–water partition coefficient (Wildman–Crippen LogP) is 2.75. The average molecular weight is 293 g/mol. The largest absolute Gasteiger partial charge is 0.479 e. The molecule has 82 valence electrons. The summed E-state index contributed by atoms with van der Waals surface area (Å²) in [5.41, 5.74) is 5.16. The number of ether oxygens (including phenoxy) is 1. The monoisotopic (exact) mass is 291 g/mol. The number of carbonyl (C=O) groups is 1. The van der Waals surface area contributed by atoms with Gasteiger partial charge in [0, 0.05) is 4.47 Å². The average Bonchev–Trinajstić information content (AvgIpc) is 2.16. The van der Waals surface area contributed by atoms with Crippen molar-refractivity contribution < 1.29 is 9.53 Å². The van der Waals surface area contributed by atoms with E-state index < -0.39 is 12.0 Å². The molecule has 3 nitrogen and oxygen atoms in total. The van der Waals surface area contributed by atoms with Crippen LogP contribution in [0.5, 0.6) is 5.75 Å². The number of nitrogens with two attached hydrogens (primary N) is 1. The van der Waals surface area contributed by atoms with E-state index in [2.05, 4.69) is 15.9 Å². The zero-order valence-corrected chi connectivity index (χ0v) is 10.5. The highest BCUT2D eigenvalue weighted by molar-refractivity contribution is 9.10. The van der Waals surface area contributed by atoms with E-state index in [1.165, 1.54) is 0 Å². The zero-order valence-electron chi connectivity index (χ0n) is 8.17. The normalized spacial score (nSPS) is 12.2. The van der Waals surface area contributed by atoms with Crippen molar-refractivity contribution in [3.63, 3.8) is 0 Å². The number of halogens is 2. The first kappa shape index (κ1) is 12.3. The van der Waals surface area contributed by atoms with Crippen molar-refractivity contribution in [2.75, 3.05) is 0 Å². The second-order valence-corrected chi connectivity index (χ2v) is 4.31. The van der Waals surface area contributed by atoms with Crippen molar-refractivity contribution in [1.29, 1.82) is 0 Å². The summed E-state index contributed by atoms with van der Waals surface area (Å²) in [6.07, 6.45) is -0.120. The van der Waals surface area contributed by atoms with Crippen molar-refractivity contribution in [3.8, 4) is 5.75 Å². The molecular formula is C10H11BrClNO2. The van der Waals surface area contributed by atoms with Gasteiger partial charge in [-0.15, -0.1) is 0 Å². The standard InChI is InChI=1S/C10H11BrClNO2/c1-2-8(10(13)14)15-9-4-3-6(11)5-7(9)12/h3-5,8H,2H2,1H3,(H2,13,14). The third-order valence-electron chi connectivity index (χ3n) is 1.85. The van der Waals surface area contributed by atoms with Crippen LogP contribution >= 0.6 is 27.5 Å². The Kier molecular flexibility index (Phi) is 4.42. The Balaban J connectivity index is 2.84. The Morgan fingerprint density at radius 1 is 1.67 bits per heavy atom. The number of hydrogen-bond donors (Lipinski definition) is 1. The summed E-state index contributed by atoms with van der Waals surface area (Å²) in [6.45, 7) is 1.82.